The SMILES string of the molecule is CN1CCN(CC(=O)N2CC=C(c3ccc(-n4c(=O)ccc5cnc6ccc(-c7cnc8ccccc8c7)cc6c54)cc3C(F)(F)F)CC2)CC1. The molecule has 3 aromatic heterocycles. The summed E-state index contributed by atoms with van der Waals surface area (Å²) in [6, 6.07) is 22.6. The highest BCUT2D eigenvalue weighted by Crippen LogP contribution is 2.39. The Balaban J connectivity index is 1.16. The van der Waals surface area contributed by atoms with Crippen molar-refractivity contribution in [2.45, 2.75) is 12.6 Å². The van der Waals surface area contributed by atoms with E-state index in [1.807, 2.05) is 48.5 Å². The average molecular weight is 689 g/mol. The number of alkyl halides is 3. The molecule has 0 N–H and O–H groups in total. The number of hydrogen-bond acceptors (Lipinski definition) is 6. The van der Waals surface area contributed by atoms with E-state index in [1.165, 1.54) is 16.7 Å². The predicted octanol–water partition coefficient (Wildman–Crippen LogP) is 6.64. The molecule has 0 spiro atoms. The number of amides is 1. The first-order valence-corrected chi connectivity index (χ1v) is 17.0. The molecule has 1 fully saturated rings. The number of nitrogens with zero attached hydrogens (tertiary/aromatic N) is 6. The second kappa shape index (κ2) is 13.1. The summed E-state index contributed by atoms with van der Waals surface area (Å²) in [6.45, 7) is 4.32. The number of carbonyl (C=O) groups is 1. The molecule has 2 aliphatic rings. The molecule has 8 rings (SSSR count). The van der Waals surface area contributed by atoms with Gasteiger partial charge in [-0.3, -0.25) is 29.0 Å². The van der Waals surface area contributed by atoms with Gasteiger partial charge < -0.3 is 9.80 Å². The Morgan fingerprint density at radius 1 is 0.804 bits per heavy atom. The number of piperazine rings is 1. The lowest BCUT2D eigenvalue weighted by Gasteiger charge is -2.34. The van der Waals surface area contributed by atoms with E-state index >= 15 is 0 Å². The number of rotatable bonds is 5. The molecule has 1 saturated heterocycles. The minimum Gasteiger partial charge on any atom is -0.338 e. The number of para-hydroxylation sites is 1. The fourth-order valence-electron chi connectivity index (χ4n) is 7.20. The molecule has 258 valence electrons. The number of benzene rings is 3. The third-order valence-corrected chi connectivity index (χ3v) is 10.1. The molecule has 5 heterocycles. The lowest BCUT2D eigenvalue weighted by atomic mass is 9.93. The van der Waals surface area contributed by atoms with Crippen molar-refractivity contribution in [1.82, 2.24) is 29.2 Å². The molecule has 0 radical (unpaired) electrons. The maximum atomic E-state index is 14.8. The summed E-state index contributed by atoms with van der Waals surface area (Å²) >= 11 is 0. The Morgan fingerprint density at radius 3 is 2.39 bits per heavy atom. The molecule has 0 atom stereocenters. The minimum absolute atomic E-state index is 0.0154. The van der Waals surface area contributed by atoms with Gasteiger partial charge in [-0.1, -0.05) is 36.4 Å². The van der Waals surface area contributed by atoms with Gasteiger partial charge in [0.15, 0.2) is 0 Å². The molecule has 1 amide bonds. The van der Waals surface area contributed by atoms with E-state index in [1.54, 1.807) is 35.5 Å². The van der Waals surface area contributed by atoms with Gasteiger partial charge in [0, 0.05) is 85.1 Å². The van der Waals surface area contributed by atoms with Crippen LogP contribution in [0.5, 0.6) is 0 Å². The summed E-state index contributed by atoms with van der Waals surface area (Å²) in [6.07, 6.45) is 0.754. The summed E-state index contributed by atoms with van der Waals surface area (Å²) in [5.41, 5.74) is 3.05. The fraction of sp³-hybridized carbons (Fsp3) is 0.250. The standard InChI is InChI=1S/C40H35F3N6O2/c1-46-16-18-47(19-17-46)25-38(51)48-14-12-26(13-15-48)32-9-8-31(22-34(32)40(41,42)43)49-37(50)11-7-29-23-45-36-10-6-27(21-33(36)39(29)49)30-20-28-4-2-3-5-35(28)44-24-30/h2-12,20-24H,13-19,25H2,1H3. The molecule has 2 aliphatic heterocycles. The van der Waals surface area contributed by atoms with E-state index in [4.69, 9.17) is 0 Å². The summed E-state index contributed by atoms with van der Waals surface area (Å²) in [5, 5.41) is 2.22. The second-order valence-corrected chi connectivity index (χ2v) is 13.3. The Morgan fingerprint density at radius 2 is 1.61 bits per heavy atom. The molecule has 0 bridgehead atoms. The highest BCUT2D eigenvalue weighted by atomic mass is 19.4. The molecule has 3 aromatic carbocycles. The van der Waals surface area contributed by atoms with Gasteiger partial charge in [-0.2, -0.15) is 13.2 Å². The van der Waals surface area contributed by atoms with E-state index in [9.17, 15) is 22.8 Å². The van der Waals surface area contributed by atoms with Gasteiger partial charge in [-0.05, 0) is 72.6 Å². The van der Waals surface area contributed by atoms with E-state index in [0.717, 1.165) is 54.3 Å². The highest BCUT2D eigenvalue weighted by Gasteiger charge is 2.35. The largest absolute Gasteiger partial charge is 0.417 e. The Kier molecular flexibility index (Phi) is 8.40. The molecular weight excluding hydrogens is 653 g/mol. The Labute approximate surface area is 292 Å². The summed E-state index contributed by atoms with van der Waals surface area (Å²) in [7, 11) is 2.05. The lowest BCUT2D eigenvalue weighted by molar-refractivity contribution is -0.138. The van der Waals surface area contributed by atoms with Crippen molar-refractivity contribution in [3.8, 4) is 16.8 Å². The Hall–Kier alpha value is -5.39. The first-order valence-electron chi connectivity index (χ1n) is 17.0. The molecule has 6 aromatic rings. The number of fused-ring (bicyclic) bond motifs is 4. The van der Waals surface area contributed by atoms with E-state index in [0.29, 0.717) is 46.9 Å². The summed E-state index contributed by atoms with van der Waals surface area (Å²) in [4.78, 5) is 41.8. The van der Waals surface area contributed by atoms with E-state index in [-0.39, 0.29) is 23.7 Å². The van der Waals surface area contributed by atoms with Crippen LogP contribution in [0.4, 0.5) is 13.2 Å². The van der Waals surface area contributed by atoms with Crippen LogP contribution in [-0.4, -0.2) is 88.0 Å². The lowest BCUT2D eigenvalue weighted by Crippen LogP contribution is -2.49. The van der Waals surface area contributed by atoms with Crippen molar-refractivity contribution in [2.24, 2.45) is 0 Å². The van der Waals surface area contributed by atoms with Crippen molar-refractivity contribution >= 4 is 44.2 Å². The van der Waals surface area contributed by atoms with Crippen LogP contribution in [0.1, 0.15) is 17.5 Å². The third-order valence-electron chi connectivity index (χ3n) is 10.1. The summed E-state index contributed by atoms with van der Waals surface area (Å²) in [5.74, 6) is -0.0154. The van der Waals surface area contributed by atoms with Gasteiger partial charge in [0.1, 0.15) is 0 Å². The predicted molar refractivity (Wildman–Crippen MR) is 194 cm³/mol. The zero-order valence-electron chi connectivity index (χ0n) is 28.0. The van der Waals surface area contributed by atoms with Crippen molar-refractivity contribution < 1.29 is 18.0 Å². The maximum absolute atomic E-state index is 14.8. The molecule has 0 unspecified atom stereocenters. The monoisotopic (exact) mass is 688 g/mol. The molecule has 11 heteroatoms. The molecular formula is C40H35F3N6O2. The molecule has 0 saturated carbocycles. The van der Waals surface area contributed by atoms with Gasteiger partial charge in [-0.25, -0.2) is 0 Å². The zero-order chi connectivity index (χ0) is 35.3. The number of halogens is 3. The van der Waals surface area contributed by atoms with Crippen LogP contribution in [0.3, 0.4) is 0 Å². The zero-order valence-corrected chi connectivity index (χ0v) is 28.0. The average Bonchev–Trinajstić information content (AvgIpc) is 3.14. The quantitative estimate of drug-likeness (QED) is 0.189. The van der Waals surface area contributed by atoms with E-state index < -0.39 is 17.3 Å². The van der Waals surface area contributed by atoms with Gasteiger partial charge in [0.2, 0.25) is 5.91 Å². The number of pyridine rings is 3. The van der Waals surface area contributed by atoms with Gasteiger partial charge >= 0.3 is 6.18 Å². The van der Waals surface area contributed by atoms with Crippen LogP contribution < -0.4 is 5.56 Å². The first-order chi connectivity index (χ1) is 24.6. The van der Waals surface area contributed by atoms with E-state index in [2.05, 4.69) is 26.8 Å². The number of likely N-dealkylation sites (N-methyl/N-ethyl adjacent to an activating group) is 1. The molecule has 51 heavy (non-hydrogen) atoms. The van der Waals surface area contributed by atoms with Crippen LogP contribution in [0.25, 0.3) is 55.1 Å². The van der Waals surface area contributed by atoms with Crippen LogP contribution >= 0.6 is 0 Å². The second-order valence-electron chi connectivity index (χ2n) is 13.3. The number of carbonyl (C=O) groups excluding carboxylic acids is 1. The van der Waals surface area contributed by atoms with Crippen LogP contribution in [0, 0.1) is 0 Å². The maximum Gasteiger partial charge on any atom is 0.417 e. The van der Waals surface area contributed by atoms with Crippen LogP contribution in [0.2, 0.25) is 0 Å². The smallest absolute Gasteiger partial charge is 0.338 e. The Bertz CT molecular complexity index is 2410. The van der Waals surface area contributed by atoms with Gasteiger partial charge in [0.05, 0.1) is 28.7 Å². The topological polar surface area (TPSA) is 74.6 Å². The van der Waals surface area contributed by atoms with Gasteiger partial charge in [-0.15, -0.1) is 0 Å². The third kappa shape index (κ3) is 6.39. The number of hydrogen-bond donors (Lipinski definition) is 0. The van der Waals surface area contributed by atoms with Crippen LogP contribution in [0.15, 0.2) is 102 Å². The summed E-state index contributed by atoms with van der Waals surface area (Å²) < 4.78 is 45.8. The van der Waals surface area contributed by atoms with Crippen molar-refractivity contribution in [1.29, 1.82) is 0 Å². The highest BCUT2D eigenvalue weighted by molar-refractivity contribution is 6.05. The van der Waals surface area contributed by atoms with Crippen molar-refractivity contribution in [3.63, 3.8) is 0 Å². The molecule has 8 nitrogen and oxygen atoms in total. The van der Waals surface area contributed by atoms with Crippen LogP contribution in [-0.2, 0) is 11.0 Å². The van der Waals surface area contributed by atoms with Gasteiger partial charge in [0.25, 0.3) is 5.56 Å². The normalized spacial score (nSPS) is 16.2. The van der Waals surface area contributed by atoms with Crippen molar-refractivity contribution in [3.05, 3.63) is 119 Å². The fourth-order valence-corrected chi connectivity index (χ4v) is 7.20. The molecule has 0 aliphatic carbocycles. The number of aromatic nitrogens is 3. The minimum atomic E-state index is -4.69. The van der Waals surface area contributed by atoms with Crippen molar-refractivity contribution in [2.75, 3.05) is 52.9 Å². The first kappa shape index (κ1) is 32.8.